The predicted octanol–water partition coefficient (Wildman–Crippen LogP) is 0.663. The first-order valence-electron chi connectivity index (χ1n) is 8.54. The zero-order chi connectivity index (χ0) is 17.4. The van der Waals surface area contributed by atoms with Crippen molar-refractivity contribution >= 4 is 11.8 Å². The molecule has 1 saturated heterocycles. The number of benzene rings is 1. The third-order valence-corrected chi connectivity index (χ3v) is 5.00. The standard InChI is InChI=1S/C18H21N5O2/c1-21-8-7-20-16(21)15-12-19-6-9-22(15)10-11-23-17(24)13-4-2-3-5-14(13)18(23)25/h2-5,7-8,15,19H,6,9-12H2,1H3. The number of aryl methyl sites for hydroxylation is 1. The Balaban J connectivity index is 1.48. The molecule has 0 saturated carbocycles. The van der Waals surface area contributed by atoms with Crippen LogP contribution in [-0.2, 0) is 7.05 Å². The van der Waals surface area contributed by atoms with Crippen molar-refractivity contribution in [3.05, 3.63) is 53.6 Å². The number of hydrogen-bond acceptors (Lipinski definition) is 5. The van der Waals surface area contributed by atoms with Crippen molar-refractivity contribution in [2.45, 2.75) is 6.04 Å². The minimum Gasteiger partial charge on any atom is -0.337 e. The van der Waals surface area contributed by atoms with Gasteiger partial charge in [0.05, 0.1) is 17.2 Å². The van der Waals surface area contributed by atoms with Gasteiger partial charge in [0.2, 0.25) is 0 Å². The summed E-state index contributed by atoms with van der Waals surface area (Å²) >= 11 is 0. The average Bonchev–Trinajstić information content (AvgIpc) is 3.16. The highest BCUT2D eigenvalue weighted by Gasteiger charge is 2.36. The molecular weight excluding hydrogens is 318 g/mol. The van der Waals surface area contributed by atoms with Crippen molar-refractivity contribution in [3.8, 4) is 0 Å². The average molecular weight is 339 g/mol. The number of piperazine rings is 1. The zero-order valence-corrected chi connectivity index (χ0v) is 14.2. The van der Waals surface area contributed by atoms with Crippen molar-refractivity contribution in [3.63, 3.8) is 0 Å². The van der Waals surface area contributed by atoms with Crippen LogP contribution in [0.15, 0.2) is 36.7 Å². The van der Waals surface area contributed by atoms with Gasteiger partial charge >= 0.3 is 0 Å². The summed E-state index contributed by atoms with van der Waals surface area (Å²) in [7, 11) is 1.99. The summed E-state index contributed by atoms with van der Waals surface area (Å²) in [5.74, 6) is 0.614. The number of imide groups is 1. The van der Waals surface area contributed by atoms with E-state index in [1.807, 2.05) is 17.8 Å². The maximum atomic E-state index is 12.5. The minimum atomic E-state index is -0.190. The molecule has 7 nitrogen and oxygen atoms in total. The van der Waals surface area contributed by atoms with Crippen molar-refractivity contribution in [1.82, 2.24) is 24.7 Å². The molecule has 2 aliphatic rings. The van der Waals surface area contributed by atoms with Gasteiger partial charge < -0.3 is 9.88 Å². The number of carbonyl (C=O) groups is 2. The maximum absolute atomic E-state index is 12.5. The van der Waals surface area contributed by atoms with E-state index in [-0.39, 0.29) is 17.9 Å². The summed E-state index contributed by atoms with van der Waals surface area (Å²) in [5, 5.41) is 3.40. The molecular formula is C18H21N5O2. The number of nitrogens with one attached hydrogen (secondary N) is 1. The first-order chi connectivity index (χ1) is 12.2. The smallest absolute Gasteiger partial charge is 0.261 e. The van der Waals surface area contributed by atoms with Crippen LogP contribution < -0.4 is 5.32 Å². The Morgan fingerprint density at radius 1 is 1.16 bits per heavy atom. The van der Waals surface area contributed by atoms with Gasteiger partial charge in [-0.3, -0.25) is 19.4 Å². The summed E-state index contributed by atoms with van der Waals surface area (Å²) in [6.45, 7) is 3.61. The molecule has 25 heavy (non-hydrogen) atoms. The summed E-state index contributed by atoms with van der Waals surface area (Å²) in [5.41, 5.74) is 1.02. The first kappa shape index (κ1) is 16.0. The number of nitrogens with zero attached hydrogens (tertiary/aromatic N) is 4. The van der Waals surface area contributed by atoms with Crippen LogP contribution in [-0.4, -0.2) is 63.9 Å². The van der Waals surface area contributed by atoms with Gasteiger partial charge in [-0.25, -0.2) is 4.98 Å². The number of amides is 2. The lowest BCUT2D eigenvalue weighted by atomic mass is 10.1. The van der Waals surface area contributed by atoms with Crippen molar-refractivity contribution in [2.24, 2.45) is 7.05 Å². The topological polar surface area (TPSA) is 70.5 Å². The Labute approximate surface area is 146 Å². The molecule has 1 aromatic carbocycles. The van der Waals surface area contributed by atoms with Crippen LogP contribution in [0.25, 0.3) is 0 Å². The molecule has 0 aliphatic carbocycles. The zero-order valence-electron chi connectivity index (χ0n) is 14.2. The van der Waals surface area contributed by atoms with E-state index in [9.17, 15) is 9.59 Å². The molecule has 0 bridgehead atoms. The number of carbonyl (C=O) groups excluding carboxylic acids is 2. The molecule has 7 heteroatoms. The lowest BCUT2D eigenvalue weighted by Gasteiger charge is -2.36. The number of fused-ring (bicyclic) bond motifs is 1. The van der Waals surface area contributed by atoms with Gasteiger partial charge in [-0.05, 0) is 12.1 Å². The normalized spacial score (nSPS) is 21.0. The van der Waals surface area contributed by atoms with Gasteiger partial charge in [-0.15, -0.1) is 0 Å². The molecule has 1 N–H and O–H groups in total. The van der Waals surface area contributed by atoms with E-state index in [1.165, 1.54) is 4.90 Å². The van der Waals surface area contributed by atoms with Gasteiger partial charge in [0.15, 0.2) is 0 Å². The van der Waals surface area contributed by atoms with E-state index in [2.05, 4.69) is 15.2 Å². The maximum Gasteiger partial charge on any atom is 0.261 e. The van der Waals surface area contributed by atoms with Crippen LogP contribution in [0, 0.1) is 0 Å². The highest BCUT2D eigenvalue weighted by Crippen LogP contribution is 2.24. The van der Waals surface area contributed by atoms with E-state index in [0.29, 0.717) is 24.2 Å². The summed E-state index contributed by atoms with van der Waals surface area (Å²) < 4.78 is 2.02. The molecule has 4 rings (SSSR count). The van der Waals surface area contributed by atoms with Gasteiger partial charge in [-0.1, -0.05) is 12.1 Å². The van der Waals surface area contributed by atoms with Crippen LogP contribution in [0.4, 0.5) is 0 Å². The second-order valence-electron chi connectivity index (χ2n) is 6.46. The van der Waals surface area contributed by atoms with Gasteiger partial charge in [0, 0.05) is 52.2 Å². The Bertz CT molecular complexity index is 780. The monoisotopic (exact) mass is 339 g/mol. The molecule has 0 radical (unpaired) electrons. The van der Waals surface area contributed by atoms with Crippen molar-refractivity contribution in [1.29, 1.82) is 0 Å². The fraction of sp³-hybridized carbons (Fsp3) is 0.389. The molecule has 2 aliphatic heterocycles. The van der Waals surface area contributed by atoms with Crippen LogP contribution in [0.2, 0.25) is 0 Å². The molecule has 1 fully saturated rings. The Morgan fingerprint density at radius 2 is 1.88 bits per heavy atom. The molecule has 2 amide bonds. The molecule has 3 heterocycles. The van der Waals surface area contributed by atoms with Gasteiger partial charge in [-0.2, -0.15) is 0 Å². The van der Waals surface area contributed by atoms with Crippen LogP contribution in [0.3, 0.4) is 0 Å². The number of aromatic nitrogens is 2. The van der Waals surface area contributed by atoms with Crippen LogP contribution in [0.1, 0.15) is 32.6 Å². The quantitative estimate of drug-likeness (QED) is 0.829. The van der Waals surface area contributed by atoms with E-state index >= 15 is 0 Å². The van der Waals surface area contributed by atoms with E-state index in [0.717, 1.165) is 25.5 Å². The number of rotatable bonds is 4. The second kappa shape index (κ2) is 6.42. The van der Waals surface area contributed by atoms with E-state index < -0.39 is 0 Å². The lowest BCUT2D eigenvalue weighted by molar-refractivity contribution is 0.0610. The molecule has 1 unspecified atom stereocenters. The van der Waals surface area contributed by atoms with E-state index in [4.69, 9.17) is 0 Å². The molecule has 130 valence electrons. The fourth-order valence-electron chi connectivity index (χ4n) is 3.64. The third-order valence-electron chi connectivity index (χ3n) is 5.00. The van der Waals surface area contributed by atoms with Crippen LogP contribution >= 0.6 is 0 Å². The minimum absolute atomic E-state index is 0.143. The highest BCUT2D eigenvalue weighted by atomic mass is 16.2. The number of imidazole rings is 1. The molecule has 2 aromatic rings. The Hall–Kier alpha value is -2.51. The Kier molecular flexibility index (Phi) is 4.10. The molecule has 1 atom stereocenters. The van der Waals surface area contributed by atoms with Crippen molar-refractivity contribution < 1.29 is 9.59 Å². The van der Waals surface area contributed by atoms with E-state index in [1.54, 1.807) is 30.5 Å². The van der Waals surface area contributed by atoms with Crippen LogP contribution in [0.5, 0.6) is 0 Å². The van der Waals surface area contributed by atoms with Gasteiger partial charge in [0.1, 0.15) is 5.82 Å². The number of hydrogen-bond donors (Lipinski definition) is 1. The largest absolute Gasteiger partial charge is 0.337 e. The molecule has 0 spiro atoms. The lowest BCUT2D eigenvalue weighted by Crippen LogP contribution is -2.49. The summed E-state index contributed by atoms with van der Waals surface area (Å²) in [6.07, 6.45) is 3.73. The summed E-state index contributed by atoms with van der Waals surface area (Å²) in [6, 6.07) is 7.17. The Morgan fingerprint density at radius 3 is 2.52 bits per heavy atom. The highest BCUT2D eigenvalue weighted by molar-refractivity contribution is 6.21. The SMILES string of the molecule is Cn1ccnc1C1CNCCN1CCN1C(=O)c2ccccc2C1=O. The van der Waals surface area contributed by atoms with Crippen molar-refractivity contribution in [2.75, 3.05) is 32.7 Å². The summed E-state index contributed by atoms with van der Waals surface area (Å²) in [4.78, 5) is 33.1. The fourth-order valence-corrected chi connectivity index (χ4v) is 3.64. The van der Waals surface area contributed by atoms with Gasteiger partial charge in [0.25, 0.3) is 11.8 Å². The third kappa shape index (κ3) is 2.75. The second-order valence-corrected chi connectivity index (χ2v) is 6.46. The first-order valence-corrected chi connectivity index (χ1v) is 8.54. The molecule has 1 aromatic heterocycles. The predicted molar refractivity (Wildman–Crippen MR) is 92.2 cm³/mol.